The number of benzene rings is 1. The fourth-order valence-corrected chi connectivity index (χ4v) is 3.70. The van der Waals surface area contributed by atoms with Gasteiger partial charge in [-0.2, -0.15) is 0 Å². The molecule has 0 bridgehead atoms. The molecule has 0 amide bonds. The van der Waals surface area contributed by atoms with E-state index in [9.17, 15) is 5.11 Å². The predicted molar refractivity (Wildman–Crippen MR) is 73.5 cm³/mol. The van der Waals surface area contributed by atoms with Crippen LogP contribution in [-0.4, -0.2) is 15.3 Å². The SMILES string of the molecule is Cc1nnc(Sc2ccc(Br)cc2C(C)O)s1. The van der Waals surface area contributed by atoms with Gasteiger partial charge in [0.2, 0.25) is 0 Å². The minimum atomic E-state index is -0.496. The highest BCUT2D eigenvalue weighted by Crippen LogP contribution is 2.36. The van der Waals surface area contributed by atoms with Crippen LogP contribution in [0.15, 0.2) is 31.9 Å². The molecule has 2 aromatic rings. The van der Waals surface area contributed by atoms with E-state index in [2.05, 4.69) is 26.1 Å². The number of aliphatic hydroxyl groups excluding tert-OH is 1. The first-order valence-corrected chi connectivity index (χ1v) is 7.44. The van der Waals surface area contributed by atoms with Crippen LogP contribution >= 0.6 is 39.0 Å². The van der Waals surface area contributed by atoms with Gasteiger partial charge >= 0.3 is 0 Å². The zero-order valence-corrected chi connectivity index (χ0v) is 12.6. The second-order valence-electron chi connectivity index (χ2n) is 3.55. The van der Waals surface area contributed by atoms with E-state index >= 15 is 0 Å². The van der Waals surface area contributed by atoms with E-state index in [1.165, 1.54) is 11.8 Å². The first-order chi connectivity index (χ1) is 8.06. The Morgan fingerprint density at radius 2 is 2.18 bits per heavy atom. The van der Waals surface area contributed by atoms with Crippen molar-refractivity contribution in [1.29, 1.82) is 0 Å². The average Bonchev–Trinajstić information content (AvgIpc) is 2.66. The van der Waals surface area contributed by atoms with Crippen molar-refractivity contribution >= 4 is 39.0 Å². The van der Waals surface area contributed by atoms with Crippen LogP contribution in [0.3, 0.4) is 0 Å². The summed E-state index contributed by atoms with van der Waals surface area (Å²) in [5.41, 5.74) is 0.900. The first kappa shape index (κ1) is 13.0. The second-order valence-corrected chi connectivity index (χ2v) is 6.93. The summed E-state index contributed by atoms with van der Waals surface area (Å²) in [7, 11) is 0. The van der Waals surface area contributed by atoms with Gasteiger partial charge in [0.15, 0.2) is 4.34 Å². The largest absolute Gasteiger partial charge is 0.389 e. The van der Waals surface area contributed by atoms with E-state index in [1.54, 1.807) is 18.3 Å². The lowest BCUT2D eigenvalue weighted by Crippen LogP contribution is -1.93. The molecule has 1 unspecified atom stereocenters. The topological polar surface area (TPSA) is 46.0 Å². The molecule has 17 heavy (non-hydrogen) atoms. The molecule has 0 radical (unpaired) electrons. The maximum absolute atomic E-state index is 9.75. The van der Waals surface area contributed by atoms with Crippen molar-refractivity contribution in [1.82, 2.24) is 10.2 Å². The minimum absolute atomic E-state index is 0.496. The molecule has 0 saturated heterocycles. The Balaban J connectivity index is 2.32. The van der Waals surface area contributed by atoms with E-state index in [0.29, 0.717) is 0 Å². The average molecular weight is 331 g/mol. The standard InChI is InChI=1S/C11H11BrN2OS2/c1-6(15)9-5-8(12)3-4-10(9)17-11-14-13-7(2)16-11/h3-6,15H,1-2H3. The van der Waals surface area contributed by atoms with E-state index in [1.807, 2.05) is 25.1 Å². The second kappa shape index (κ2) is 5.48. The van der Waals surface area contributed by atoms with Crippen LogP contribution in [0.2, 0.25) is 0 Å². The Hall–Kier alpha value is -0.430. The molecule has 0 aliphatic carbocycles. The molecule has 1 aromatic heterocycles. The van der Waals surface area contributed by atoms with Crippen LogP contribution < -0.4 is 0 Å². The lowest BCUT2D eigenvalue weighted by atomic mass is 10.1. The molecule has 3 nitrogen and oxygen atoms in total. The van der Waals surface area contributed by atoms with Crippen molar-refractivity contribution in [3.8, 4) is 0 Å². The Labute approximate surface area is 116 Å². The van der Waals surface area contributed by atoms with Gasteiger partial charge in [-0.15, -0.1) is 10.2 Å². The van der Waals surface area contributed by atoms with Gasteiger partial charge < -0.3 is 5.11 Å². The minimum Gasteiger partial charge on any atom is -0.389 e. The van der Waals surface area contributed by atoms with E-state index in [0.717, 1.165) is 24.3 Å². The summed E-state index contributed by atoms with van der Waals surface area (Å²) < 4.78 is 1.86. The summed E-state index contributed by atoms with van der Waals surface area (Å²) in [4.78, 5) is 1.01. The highest BCUT2D eigenvalue weighted by Gasteiger charge is 2.12. The van der Waals surface area contributed by atoms with Crippen LogP contribution in [0.5, 0.6) is 0 Å². The molecule has 6 heteroatoms. The van der Waals surface area contributed by atoms with Crippen molar-refractivity contribution in [2.24, 2.45) is 0 Å². The van der Waals surface area contributed by atoms with E-state index in [4.69, 9.17) is 0 Å². The highest BCUT2D eigenvalue weighted by atomic mass is 79.9. The number of hydrogen-bond donors (Lipinski definition) is 1. The van der Waals surface area contributed by atoms with Crippen molar-refractivity contribution < 1.29 is 5.11 Å². The van der Waals surface area contributed by atoms with Crippen molar-refractivity contribution in [3.63, 3.8) is 0 Å². The number of aromatic nitrogens is 2. The lowest BCUT2D eigenvalue weighted by Gasteiger charge is -2.10. The van der Waals surface area contributed by atoms with E-state index in [-0.39, 0.29) is 0 Å². The van der Waals surface area contributed by atoms with Crippen molar-refractivity contribution in [2.75, 3.05) is 0 Å². The zero-order valence-electron chi connectivity index (χ0n) is 9.35. The third-order valence-electron chi connectivity index (χ3n) is 2.13. The van der Waals surface area contributed by atoms with Gasteiger partial charge in [0.1, 0.15) is 5.01 Å². The summed E-state index contributed by atoms with van der Waals surface area (Å²) >= 11 is 6.50. The van der Waals surface area contributed by atoms with Crippen molar-refractivity contribution in [3.05, 3.63) is 33.2 Å². The van der Waals surface area contributed by atoms with Crippen LogP contribution in [0.1, 0.15) is 23.6 Å². The van der Waals surface area contributed by atoms with Gasteiger partial charge in [0.25, 0.3) is 0 Å². The third-order valence-corrected chi connectivity index (χ3v) is 4.60. The molecular formula is C11H11BrN2OS2. The predicted octanol–water partition coefficient (Wildman–Crippen LogP) is 3.81. The molecule has 1 N–H and O–H groups in total. The lowest BCUT2D eigenvalue weighted by molar-refractivity contribution is 0.196. The summed E-state index contributed by atoms with van der Waals surface area (Å²) in [6.07, 6.45) is -0.496. The van der Waals surface area contributed by atoms with Gasteiger partial charge in [0, 0.05) is 9.37 Å². The van der Waals surface area contributed by atoms with Crippen molar-refractivity contribution in [2.45, 2.75) is 29.2 Å². The molecule has 0 aliphatic heterocycles. The molecule has 1 atom stereocenters. The summed E-state index contributed by atoms with van der Waals surface area (Å²) in [5.74, 6) is 0. The maximum atomic E-state index is 9.75. The molecule has 1 aromatic carbocycles. The molecule has 90 valence electrons. The molecular weight excluding hydrogens is 320 g/mol. The fraction of sp³-hybridized carbons (Fsp3) is 0.273. The maximum Gasteiger partial charge on any atom is 0.179 e. The van der Waals surface area contributed by atoms with E-state index < -0.39 is 6.10 Å². The monoisotopic (exact) mass is 330 g/mol. The summed E-state index contributed by atoms with van der Waals surface area (Å²) in [5, 5.41) is 18.7. The summed E-state index contributed by atoms with van der Waals surface area (Å²) in [6, 6.07) is 5.87. The molecule has 0 fully saturated rings. The Morgan fingerprint density at radius 3 is 2.76 bits per heavy atom. The molecule has 0 aliphatic rings. The molecule has 0 spiro atoms. The molecule has 2 rings (SSSR count). The Bertz CT molecular complexity index is 528. The highest BCUT2D eigenvalue weighted by molar-refractivity contribution is 9.10. The number of aryl methyl sites for hydroxylation is 1. The van der Waals surface area contributed by atoms with Crippen LogP contribution in [0.25, 0.3) is 0 Å². The van der Waals surface area contributed by atoms with Gasteiger partial charge in [-0.25, -0.2) is 0 Å². The van der Waals surface area contributed by atoms with Gasteiger partial charge in [-0.05, 0) is 37.6 Å². The van der Waals surface area contributed by atoms with Crippen LogP contribution in [-0.2, 0) is 0 Å². The third kappa shape index (κ3) is 3.28. The first-order valence-electron chi connectivity index (χ1n) is 5.01. The molecule has 0 saturated carbocycles. The number of aliphatic hydroxyl groups is 1. The van der Waals surface area contributed by atoms with Crippen LogP contribution in [0.4, 0.5) is 0 Å². The number of halogens is 1. The number of rotatable bonds is 3. The van der Waals surface area contributed by atoms with Gasteiger partial charge in [0.05, 0.1) is 6.10 Å². The fourth-order valence-electron chi connectivity index (χ4n) is 1.35. The van der Waals surface area contributed by atoms with Gasteiger partial charge in [-0.3, -0.25) is 0 Å². The van der Waals surface area contributed by atoms with Gasteiger partial charge in [-0.1, -0.05) is 39.0 Å². The summed E-state index contributed by atoms with van der Waals surface area (Å²) in [6.45, 7) is 3.69. The Morgan fingerprint density at radius 1 is 1.41 bits per heavy atom. The number of hydrogen-bond acceptors (Lipinski definition) is 5. The zero-order chi connectivity index (χ0) is 12.4. The molecule has 1 heterocycles. The number of nitrogens with zero attached hydrogens (tertiary/aromatic N) is 2. The quantitative estimate of drug-likeness (QED) is 0.929. The normalized spacial score (nSPS) is 12.7. The smallest absolute Gasteiger partial charge is 0.179 e. The Kier molecular flexibility index (Phi) is 4.19. The van der Waals surface area contributed by atoms with Crippen LogP contribution in [0, 0.1) is 6.92 Å².